The number of anilines is 1. The molecule has 1 saturated heterocycles. The van der Waals surface area contributed by atoms with Crippen LogP contribution in [-0.4, -0.2) is 52.9 Å². The summed E-state index contributed by atoms with van der Waals surface area (Å²) in [5.74, 6) is -5.98. The highest BCUT2D eigenvalue weighted by atomic mass is 19.4. The minimum Gasteiger partial charge on any atom is -0.481 e. The number of nitrogens with one attached hydrogen (secondary N) is 1. The summed E-state index contributed by atoms with van der Waals surface area (Å²) in [5, 5.41) is 11.1. The number of hydrogen-bond donors (Lipinski definition) is 2. The number of alkyl halides is 5. The van der Waals surface area contributed by atoms with Crippen molar-refractivity contribution in [1.29, 1.82) is 0 Å². The third-order valence-corrected chi connectivity index (χ3v) is 3.54. The smallest absolute Gasteiger partial charge is 0.394 e. The molecule has 0 spiro atoms. The number of ether oxygens (including phenoxy) is 1. The fourth-order valence-corrected chi connectivity index (χ4v) is 2.37. The number of amides is 2. The van der Waals surface area contributed by atoms with Crippen molar-refractivity contribution in [1.82, 2.24) is 9.88 Å². The van der Waals surface area contributed by atoms with Crippen molar-refractivity contribution in [2.24, 2.45) is 11.8 Å². The Morgan fingerprint density at radius 2 is 2.00 bits per heavy atom. The second kappa shape index (κ2) is 7.07. The third-order valence-electron chi connectivity index (χ3n) is 3.54. The Balaban J connectivity index is 2.02. The Hall–Kier alpha value is -2.66. The number of aromatic nitrogens is 1. The average molecular weight is 369 g/mol. The number of pyridine rings is 1. The molecular weight excluding hydrogens is 357 g/mol. The van der Waals surface area contributed by atoms with Crippen LogP contribution in [0.15, 0.2) is 18.3 Å². The normalized spacial score (nSPS) is 20.6. The van der Waals surface area contributed by atoms with Crippen molar-refractivity contribution in [3.05, 3.63) is 18.3 Å². The lowest BCUT2D eigenvalue weighted by Gasteiger charge is -2.18. The lowest BCUT2D eigenvalue weighted by molar-refractivity contribution is -0.187. The highest BCUT2D eigenvalue weighted by molar-refractivity contribution is 5.90. The lowest BCUT2D eigenvalue weighted by Crippen LogP contribution is -2.35. The SMILES string of the molecule is O=C(O)[C@@H]1CN(C(=O)Nc2ccc(OC(F)F)nc2)C[C@H]1C(F)(F)F. The van der Waals surface area contributed by atoms with Crippen LogP contribution < -0.4 is 10.1 Å². The minimum absolute atomic E-state index is 0.0222. The Morgan fingerprint density at radius 3 is 2.44 bits per heavy atom. The number of carboxylic acid groups (broad SMARTS) is 1. The summed E-state index contributed by atoms with van der Waals surface area (Å²) < 4.78 is 66.6. The molecule has 0 aliphatic carbocycles. The first-order valence-corrected chi connectivity index (χ1v) is 6.84. The molecule has 2 heterocycles. The Labute approximate surface area is 137 Å². The van der Waals surface area contributed by atoms with Gasteiger partial charge in [-0.25, -0.2) is 9.78 Å². The molecular formula is C13H12F5N3O4. The molecule has 1 fully saturated rings. The van der Waals surface area contributed by atoms with Crippen LogP contribution in [0, 0.1) is 11.8 Å². The van der Waals surface area contributed by atoms with Crippen LogP contribution in [0.3, 0.4) is 0 Å². The zero-order valence-corrected chi connectivity index (χ0v) is 12.3. The topological polar surface area (TPSA) is 91.8 Å². The molecule has 0 bridgehead atoms. The number of halogens is 5. The van der Waals surface area contributed by atoms with Crippen LogP contribution >= 0.6 is 0 Å². The summed E-state index contributed by atoms with van der Waals surface area (Å²) >= 11 is 0. The van der Waals surface area contributed by atoms with Crippen LogP contribution in [0.4, 0.5) is 32.4 Å². The van der Waals surface area contributed by atoms with Gasteiger partial charge in [-0.2, -0.15) is 22.0 Å². The summed E-state index contributed by atoms with van der Waals surface area (Å²) in [4.78, 5) is 27.2. The van der Waals surface area contributed by atoms with Gasteiger partial charge in [-0.05, 0) is 6.07 Å². The van der Waals surface area contributed by atoms with Crippen LogP contribution in [-0.2, 0) is 4.79 Å². The van der Waals surface area contributed by atoms with E-state index in [0.717, 1.165) is 23.2 Å². The highest BCUT2D eigenvalue weighted by Gasteiger charge is 2.53. The van der Waals surface area contributed by atoms with Crippen molar-refractivity contribution in [3.63, 3.8) is 0 Å². The predicted molar refractivity (Wildman–Crippen MR) is 72.1 cm³/mol. The van der Waals surface area contributed by atoms with Crippen LogP contribution in [0.2, 0.25) is 0 Å². The van der Waals surface area contributed by atoms with E-state index < -0.39 is 55.6 Å². The number of nitrogens with zero attached hydrogens (tertiary/aromatic N) is 2. The quantitative estimate of drug-likeness (QED) is 0.796. The van der Waals surface area contributed by atoms with Crippen LogP contribution in [0.25, 0.3) is 0 Å². The molecule has 1 aliphatic rings. The van der Waals surface area contributed by atoms with Gasteiger partial charge in [-0.1, -0.05) is 0 Å². The highest BCUT2D eigenvalue weighted by Crippen LogP contribution is 2.37. The van der Waals surface area contributed by atoms with Gasteiger partial charge >= 0.3 is 24.8 Å². The van der Waals surface area contributed by atoms with Crippen LogP contribution in [0.5, 0.6) is 5.88 Å². The monoisotopic (exact) mass is 369 g/mol. The lowest BCUT2D eigenvalue weighted by atomic mass is 9.96. The van der Waals surface area contributed by atoms with E-state index in [0.29, 0.717) is 0 Å². The van der Waals surface area contributed by atoms with Gasteiger partial charge in [0, 0.05) is 19.2 Å². The number of carboxylic acids is 1. The number of carbonyl (C=O) groups excluding carboxylic acids is 1. The number of likely N-dealkylation sites (tertiary alicyclic amines) is 1. The van der Waals surface area contributed by atoms with Crippen molar-refractivity contribution < 1.29 is 41.4 Å². The van der Waals surface area contributed by atoms with Crippen molar-refractivity contribution >= 4 is 17.7 Å². The maximum Gasteiger partial charge on any atom is 0.394 e. The van der Waals surface area contributed by atoms with Gasteiger partial charge in [-0.3, -0.25) is 4.79 Å². The standard InChI is InChI=1S/C13H12F5N3O4/c14-11(15)25-9-2-1-6(3-19-9)20-12(24)21-4-7(10(22)23)8(5-21)13(16,17)18/h1-3,7-8,11H,4-5H2,(H,20,24)(H,22,23)/t7-,8-/m1/s1. The minimum atomic E-state index is -4.76. The number of aliphatic carboxylic acids is 1. The Bertz CT molecular complexity index is 638. The zero-order chi connectivity index (χ0) is 18.8. The first-order valence-electron chi connectivity index (χ1n) is 6.84. The maximum absolute atomic E-state index is 12.9. The molecule has 0 aromatic carbocycles. The van der Waals surface area contributed by atoms with Crippen LogP contribution in [0.1, 0.15) is 0 Å². The maximum atomic E-state index is 12.9. The van der Waals surface area contributed by atoms with E-state index >= 15 is 0 Å². The summed E-state index contributed by atoms with van der Waals surface area (Å²) in [6, 6.07) is 1.24. The Kier molecular flexibility index (Phi) is 5.28. The van der Waals surface area contributed by atoms with E-state index in [4.69, 9.17) is 5.11 Å². The second-order valence-electron chi connectivity index (χ2n) is 5.19. The molecule has 25 heavy (non-hydrogen) atoms. The molecule has 1 aliphatic heterocycles. The molecule has 2 atom stereocenters. The molecule has 2 amide bonds. The molecule has 1 aromatic rings. The number of carbonyl (C=O) groups is 2. The Morgan fingerprint density at radius 1 is 1.32 bits per heavy atom. The van der Waals surface area contributed by atoms with Crippen molar-refractivity contribution in [3.8, 4) is 5.88 Å². The van der Waals surface area contributed by atoms with Gasteiger partial charge in [0.05, 0.1) is 23.7 Å². The molecule has 0 saturated carbocycles. The zero-order valence-electron chi connectivity index (χ0n) is 12.3. The van der Waals surface area contributed by atoms with E-state index in [1.54, 1.807) is 0 Å². The number of rotatable bonds is 4. The van der Waals surface area contributed by atoms with Gasteiger partial charge < -0.3 is 20.1 Å². The number of urea groups is 1. The predicted octanol–water partition coefficient (Wildman–Crippen LogP) is 2.41. The van der Waals surface area contributed by atoms with E-state index in [1.165, 1.54) is 0 Å². The molecule has 2 rings (SSSR count). The van der Waals surface area contributed by atoms with Gasteiger partial charge in [0.25, 0.3) is 0 Å². The largest absolute Gasteiger partial charge is 0.481 e. The van der Waals surface area contributed by atoms with Gasteiger partial charge in [0.15, 0.2) is 0 Å². The summed E-state index contributed by atoms with van der Waals surface area (Å²) in [7, 11) is 0. The van der Waals surface area contributed by atoms with Crippen molar-refractivity contribution in [2.75, 3.05) is 18.4 Å². The third kappa shape index (κ3) is 4.67. The molecule has 0 radical (unpaired) electrons. The summed E-state index contributed by atoms with van der Waals surface area (Å²) in [5.41, 5.74) is 0.0222. The molecule has 1 aromatic heterocycles. The average Bonchev–Trinajstić information content (AvgIpc) is 2.94. The first kappa shape index (κ1) is 18.7. The fraction of sp³-hybridized carbons (Fsp3) is 0.462. The number of hydrogen-bond acceptors (Lipinski definition) is 4. The molecule has 7 nitrogen and oxygen atoms in total. The van der Waals surface area contributed by atoms with Gasteiger partial charge in [0.2, 0.25) is 5.88 Å². The first-order chi connectivity index (χ1) is 11.6. The van der Waals surface area contributed by atoms with E-state index in [1.807, 2.05) is 0 Å². The van der Waals surface area contributed by atoms with Gasteiger partial charge in [0.1, 0.15) is 0 Å². The molecule has 12 heteroatoms. The van der Waals surface area contributed by atoms with E-state index in [2.05, 4.69) is 15.0 Å². The molecule has 2 N–H and O–H groups in total. The van der Waals surface area contributed by atoms with Crippen molar-refractivity contribution in [2.45, 2.75) is 12.8 Å². The van der Waals surface area contributed by atoms with Gasteiger partial charge in [-0.15, -0.1) is 0 Å². The molecule has 0 unspecified atom stereocenters. The second-order valence-corrected chi connectivity index (χ2v) is 5.19. The summed E-state index contributed by atoms with van der Waals surface area (Å²) in [6.07, 6.45) is -3.78. The summed E-state index contributed by atoms with van der Waals surface area (Å²) in [6.45, 7) is -4.48. The van der Waals surface area contributed by atoms with E-state index in [9.17, 15) is 31.5 Å². The fourth-order valence-electron chi connectivity index (χ4n) is 2.37. The molecule has 138 valence electrons. The van der Waals surface area contributed by atoms with E-state index in [-0.39, 0.29) is 5.69 Å².